The van der Waals surface area contributed by atoms with Crippen molar-refractivity contribution in [1.29, 1.82) is 0 Å². The van der Waals surface area contributed by atoms with Gasteiger partial charge in [-0.25, -0.2) is 0 Å². The lowest BCUT2D eigenvalue weighted by molar-refractivity contribution is 0.266. The highest BCUT2D eigenvalue weighted by Crippen LogP contribution is 2.32. The summed E-state index contributed by atoms with van der Waals surface area (Å²) < 4.78 is 7.38. The molecule has 0 amide bonds. The first-order chi connectivity index (χ1) is 9.30. The molecule has 1 aliphatic carbocycles. The number of methoxy groups -OCH3 is 1. The summed E-state index contributed by atoms with van der Waals surface area (Å²) in [6, 6.07) is 6.58. The SMILES string of the molecule is COc1ccc2cn(C3CCC(CN)CC3)nc2c1.Cl. The van der Waals surface area contributed by atoms with E-state index in [0.717, 1.165) is 17.8 Å². The van der Waals surface area contributed by atoms with Crippen molar-refractivity contribution < 1.29 is 4.74 Å². The van der Waals surface area contributed by atoms with Crippen LogP contribution in [0.2, 0.25) is 0 Å². The molecular formula is C15H22ClN3O. The van der Waals surface area contributed by atoms with Crippen molar-refractivity contribution in [2.75, 3.05) is 13.7 Å². The Kier molecular flexibility index (Phi) is 4.89. The molecule has 0 unspecified atom stereocenters. The molecule has 1 aromatic heterocycles. The zero-order valence-electron chi connectivity index (χ0n) is 11.8. The molecule has 1 aliphatic rings. The number of nitrogens with two attached hydrogens (primary N) is 1. The molecule has 5 heteroatoms. The molecule has 2 aromatic rings. The molecule has 0 atom stereocenters. The van der Waals surface area contributed by atoms with E-state index >= 15 is 0 Å². The Morgan fingerprint density at radius 3 is 2.70 bits per heavy atom. The van der Waals surface area contributed by atoms with E-state index < -0.39 is 0 Å². The Bertz CT molecular complexity index is 561. The van der Waals surface area contributed by atoms with Crippen LogP contribution in [0.3, 0.4) is 0 Å². The fraction of sp³-hybridized carbons (Fsp3) is 0.533. The summed E-state index contributed by atoms with van der Waals surface area (Å²) in [7, 11) is 1.69. The Hall–Kier alpha value is -1.26. The molecule has 1 saturated carbocycles. The van der Waals surface area contributed by atoms with Crippen molar-refractivity contribution in [1.82, 2.24) is 9.78 Å². The summed E-state index contributed by atoms with van der Waals surface area (Å²) in [5, 5.41) is 5.88. The maximum absolute atomic E-state index is 5.74. The summed E-state index contributed by atoms with van der Waals surface area (Å²) in [4.78, 5) is 0. The molecule has 0 saturated heterocycles. The normalized spacial score (nSPS) is 22.5. The second kappa shape index (κ2) is 6.46. The average molecular weight is 296 g/mol. The van der Waals surface area contributed by atoms with E-state index in [0.29, 0.717) is 12.0 Å². The topological polar surface area (TPSA) is 53.1 Å². The maximum atomic E-state index is 5.74. The molecule has 0 spiro atoms. The highest BCUT2D eigenvalue weighted by atomic mass is 35.5. The van der Waals surface area contributed by atoms with Gasteiger partial charge in [0, 0.05) is 17.6 Å². The van der Waals surface area contributed by atoms with Gasteiger partial charge in [0.05, 0.1) is 18.7 Å². The van der Waals surface area contributed by atoms with E-state index in [9.17, 15) is 0 Å². The van der Waals surface area contributed by atoms with Crippen LogP contribution in [0.4, 0.5) is 0 Å². The Morgan fingerprint density at radius 2 is 2.05 bits per heavy atom. The predicted molar refractivity (Wildman–Crippen MR) is 83.6 cm³/mol. The molecule has 1 heterocycles. The summed E-state index contributed by atoms with van der Waals surface area (Å²) in [5.41, 5.74) is 6.76. The van der Waals surface area contributed by atoms with Crippen molar-refractivity contribution in [2.45, 2.75) is 31.7 Å². The van der Waals surface area contributed by atoms with Crippen molar-refractivity contribution >= 4 is 23.3 Å². The molecule has 3 rings (SSSR count). The van der Waals surface area contributed by atoms with Crippen molar-refractivity contribution in [3.8, 4) is 5.75 Å². The first kappa shape index (κ1) is 15.1. The number of nitrogens with zero attached hydrogens (tertiary/aromatic N) is 2. The zero-order chi connectivity index (χ0) is 13.2. The molecule has 2 N–H and O–H groups in total. The van der Waals surface area contributed by atoms with Gasteiger partial charge in [-0.1, -0.05) is 0 Å². The molecule has 1 fully saturated rings. The lowest BCUT2D eigenvalue weighted by atomic mass is 9.86. The van der Waals surface area contributed by atoms with Gasteiger partial charge >= 0.3 is 0 Å². The quantitative estimate of drug-likeness (QED) is 0.946. The minimum Gasteiger partial charge on any atom is -0.497 e. The van der Waals surface area contributed by atoms with Crippen LogP contribution in [-0.4, -0.2) is 23.4 Å². The monoisotopic (exact) mass is 295 g/mol. The van der Waals surface area contributed by atoms with Crippen LogP contribution >= 0.6 is 12.4 Å². The summed E-state index contributed by atoms with van der Waals surface area (Å²) in [6.45, 7) is 0.824. The number of rotatable bonds is 3. The van der Waals surface area contributed by atoms with Crippen LogP contribution in [0.5, 0.6) is 5.75 Å². The molecule has 20 heavy (non-hydrogen) atoms. The first-order valence-corrected chi connectivity index (χ1v) is 7.03. The summed E-state index contributed by atoms with van der Waals surface area (Å²) >= 11 is 0. The lowest BCUT2D eigenvalue weighted by Gasteiger charge is -2.27. The van der Waals surface area contributed by atoms with Gasteiger partial charge in [0.2, 0.25) is 0 Å². The number of halogens is 1. The van der Waals surface area contributed by atoms with Crippen LogP contribution in [0, 0.1) is 5.92 Å². The highest BCUT2D eigenvalue weighted by Gasteiger charge is 2.22. The van der Waals surface area contributed by atoms with Crippen LogP contribution in [0.15, 0.2) is 24.4 Å². The van der Waals surface area contributed by atoms with Crippen LogP contribution in [0.1, 0.15) is 31.7 Å². The molecule has 0 aliphatic heterocycles. The second-order valence-electron chi connectivity index (χ2n) is 5.44. The van der Waals surface area contributed by atoms with Crippen molar-refractivity contribution in [3.63, 3.8) is 0 Å². The lowest BCUT2D eigenvalue weighted by Crippen LogP contribution is -2.23. The van der Waals surface area contributed by atoms with Gasteiger partial charge in [0.1, 0.15) is 5.75 Å². The minimum atomic E-state index is 0. The van der Waals surface area contributed by atoms with Crippen LogP contribution in [-0.2, 0) is 0 Å². The average Bonchev–Trinajstić information content (AvgIpc) is 2.90. The Balaban J connectivity index is 0.00000147. The third kappa shape index (κ3) is 2.91. The minimum absolute atomic E-state index is 0. The van der Waals surface area contributed by atoms with Crippen molar-refractivity contribution in [3.05, 3.63) is 24.4 Å². The molecule has 110 valence electrons. The maximum Gasteiger partial charge on any atom is 0.121 e. The van der Waals surface area contributed by atoms with E-state index in [1.54, 1.807) is 7.11 Å². The van der Waals surface area contributed by atoms with E-state index in [1.807, 2.05) is 12.1 Å². The third-order valence-corrected chi connectivity index (χ3v) is 4.26. The Morgan fingerprint density at radius 1 is 1.30 bits per heavy atom. The largest absolute Gasteiger partial charge is 0.497 e. The number of fused-ring (bicyclic) bond motifs is 1. The van der Waals surface area contributed by atoms with Gasteiger partial charge < -0.3 is 10.5 Å². The van der Waals surface area contributed by atoms with E-state index in [2.05, 4.69) is 16.9 Å². The van der Waals surface area contributed by atoms with Gasteiger partial charge in [-0.05, 0) is 50.3 Å². The molecule has 0 radical (unpaired) electrons. The van der Waals surface area contributed by atoms with Gasteiger partial charge in [-0.2, -0.15) is 5.10 Å². The summed E-state index contributed by atoms with van der Waals surface area (Å²) in [5.74, 6) is 1.57. The molecule has 0 bridgehead atoms. The fourth-order valence-electron chi connectivity index (χ4n) is 2.97. The zero-order valence-corrected chi connectivity index (χ0v) is 12.6. The van der Waals surface area contributed by atoms with E-state index in [-0.39, 0.29) is 12.4 Å². The number of aromatic nitrogens is 2. The van der Waals surface area contributed by atoms with Gasteiger partial charge in [0.25, 0.3) is 0 Å². The smallest absolute Gasteiger partial charge is 0.121 e. The van der Waals surface area contributed by atoms with Crippen LogP contribution in [0.25, 0.3) is 10.9 Å². The van der Waals surface area contributed by atoms with Gasteiger partial charge in [-0.3, -0.25) is 4.68 Å². The molecule has 4 nitrogen and oxygen atoms in total. The standard InChI is InChI=1S/C15H21N3O.ClH/c1-19-14-7-4-12-10-18(17-15(12)8-14)13-5-2-11(9-16)3-6-13;/h4,7-8,10-11,13H,2-3,5-6,9,16H2,1H3;1H. The van der Waals surface area contributed by atoms with Crippen LogP contribution < -0.4 is 10.5 Å². The van der Waals surface area contributed by atoms with Gasteiger partial charge in [-0.15, -0.1) is 12.4 Å². The molecule has 1 aromatic carbocycles. The fourth-order valence-corrected chi connectivity index (χ4v) is 2.97. The summed E-state index contributed by atoms with van der Waals surface area (Å²) in [6.07, 6.45) is 6.98. The first-order valence-electron chi connectivity index (χ1n) is 7.03. The molecular weight excluding hydrogens is 274 g/mol. The number of ether oxygens (including phenoxy) is 1. The van der Waals surface area contributed by atoms with Gasteiger partial charge in [0.15, 0.2) is 0 Å². The van der Waals surface area contributed by atoms with Crippen molar-refractivity contribution in [2.24, 2.45) is 11.7 Å². The second-order valence-corrected chi connectivity index (χ2v) is 5.44. The third-order valence-electron chi connectivity index (χ3n) is 4.26. The Labute approximate surface area is 125 Å². The van der Waals surface area contributed by atoms with E-state index in [1.165, 1.54) is 31.1 Å². The highest BCUT2D eigenvalue weighted by molar-refractivity contribution is 5.85. The number of benzene rings is 1. The van der Waals surface area contributed by atoms with E-state index in [4.69, 9.17) is 15.6 Å². The number of hydrogen-bond donors (Lipinski definition) is 1. The predicted octanol–water partition coefficient (Wildman–Crippen LogP) is 3.16. The number of hydrogen-bond acceptors (Lipinski definition) is 3.